The fourth-order valence-electron chi connectivity index (χ4n) is 10.3. The van der Waals surface area contributed by atoms with Crippen molar-refractivity contribution < 1.29 is 33.8 Å². The SMILES string of the molecule is CN1C[C@@H](NC(=O)OCC2c3ccccc3-c3ccccc32)C[C@H]1C(=O)NCCc1ccccc1.CN1C[C@@H](NC(=O)OCC2c3ccccc3-c3ccccc32)C[C@H]1C(=O)O.NCCc1ccccc1. The highest BCUT2D eigenvalue weighted by Crippen LogP contribution is 2.45. The van der Waals surface area contributed by atoms with E-state index in [-0.39, 0.29) is 49.1 Å². The summed E-state index contributed by atoms with van der Waals surface area (Å²) < 4.78 is 11.2. The molecule has 13 heteroatoms. The fourth-order valence-corrected chi connectivity index (χ4v) is 10.3. The topological polar surface area (TPSA) is 176 Å². The van der Waals surface area contributed by atoms with Gasteiger partial charge in [0.15, 0.2) is 0 Å². The van der Waals surface area contributed by atoms with Crippen LogP contribution in [0.25, 0.3) is 22.3 Å². The van der Waals surface area contributed by atoms with Crippen LogP contribution in [0, 0.1) is 0 Å². The first-order chi connectivity index (χ1) is 34.6. The lowest BCUT2D eigenvalue weighted by atomic mass is 9.98. The second-order valence-corrected chi connectivity index (χ2v) is 18.6. The molecule has 2 aliphatic heterocycles. The molecule has 3 amide bonds. The normalized spacial score (nSPS) is 18.8. The minimum atomic E-state index is -0.866. The Labute approximate surface area is 416 Å². The number of benzene rings is 6. The molecule has 0 bridgehead atoms. The van der Waals surface area contributed by atoms with E-state index in [0.29, 0.717) is 32.5 Å². The van der Waals surface area contributed by atoms with Crippen molar-refractivity contribution in [3.63, 3.8) is 0 Å². The summed E-state index contributed by atoms with van der Waals surface area (Å²) in [7, 11) is 3.67. The van der Waals surface area contributed by atoms with Crippen LogP contribution in [-0.2, 0) is 31.9 Å². The van der Waals surface area contributed by atoms with Crippen LogP contribution in [0.3, 0.4) is 0 Å². The number of amides is 3. The predicted octanol–water partition coefficient (Wildman–Crippen LogP) is 7.83. The largest absolute Gasteiger partial charge is 0.480 e. The maximum absolute atomic E-state index is 12.7. The molecule has 2 heterocycles. The maximum Gasteiger partial charge on any atom is 0.407 e. The van der Waals surface area contributed by atoms with Crippen LogP contribution in [-0.4, -0.2) is 117 Å². The highest BCUT2D eigenvalue weighted by atomic mass is 16.6. The number of fused-ring (bicyclic) bond motifs is 6. The Bertz CT molecular complexity index is 2660. The third kappa shape index (κ3) is 12.5. The number of nitrogens with one attached hydrogen (secondary N) is 3. The molecule has 0 radical (unpaired) electrons. The number of nitrogens with zero attached hydrogens (tertiary/aromatic N) is 2. The molecule has 0 saturated carbocycles. The summed E-state index contributed by atoms with van der Waals surface area (Å²) in [5, 5.41) is 18.0. The summed E-state index contributed by atoms with van der Waals surface area (Å²) in [6.45, 7) is 2.99. The number of carboxylic acid groups (broad SMARTS) is 1. The van der Waals surface area contributed by atoms with Gasteiger partial charge in [0.25, 0.3) is 0 Å². The van der Waals surface area contributed by atoms with Crippen molar-refractivity contribution in [1.29, 1.82) is 0 Å². The molecule has 368 valence electrons. The number of carboxylic acids is 1. The number of hydrogen-bond donors (Lipinski definition) is 5. The minimum absolute atomic E-state index is 0.000248. The number of carbonyl (C=O) groups is 4. The molecule has 10 rings (SSSR count). The van der Waals surface area contributed by atoms with Crippen LogP contribution >= 0.6 is 0 Å². The van der Waals surface area contributed by atoms with Gasteiger partial charge in [-0.3, -0.25) is 19.4 Å². The number of likely N-dealkylation sites (tertiary alicyclic amines) is 2. The number of carbonyl (C=O) groups excluding carboxylic acids is 3. The van der Waals surface area contributed by atoms with Gasteiger partial charge in [-0.05, 0) is 102 Å². The predicted molar refractivity (Wildman–Crippen MR) is 276 cm³/mol. The lowest BCUT2D eigenvalue weighted by molar-refractivity contribution is -0.141. The number of aliphatic carboxylic acids is 1. The van der Waals surface area contributed by atoms with Crippen LogP contribution in [0.2, 0.25) is 0 Å². The third-order valence-electron chi connectivity index (χ3n) is 13.8. The quantitative estimate of drug-likeness (QED) is 0.0768. The Morgan fingerprint density at radius 1 is 0.535 bits per heavy atom. The molecular weight excluding hydrogens is 893 g/mol. The Morgan fingerprint density at radius 2 is 0.901 bits per heavy atom. The van der Waals surface area contributed by atoms with Crippen molar-refractivity contribution in [2.45, 2.75) is 61.7 Å². The van der Waals surface area contributed by atoms with Crippen LogP contribution in [0.5, 0.6) is 0 Å². The Kier molecular flexibility index (Phi) is 16.9. The van der Waals surface area contributed by atoms with E-state index in [1.54, 1.807) is 11.9 Å². The van der Waals surface area contributed by atoms with Gasteiger partial charge in [0.2, 0.25) is 5.91 Å². The first-order valence-electron chi connectivity index (χ1n) is 24.5. The fraction of sp³-hybridized carbons (Fsp3) is 0.310. The van der Waals surface area contributed by atoms with Gasteiger partial charge in [-0.1, -0.05) is 158 Å². The molecule has 6 aromatic carbocycles. The van der Waals surface area contributed by atoms with Crippen LogP contribution in [0.1, 0.15) is 58.1 Å². The van der Waals surface area contributed by atoms with E-state index in [9.17, 15) is 24.3 Å². The molecule has 4 aliphatic rings. The van der Waals surface area contributed by atoms with E-state index in [1.807, 2.05) is 96.9 Å². The average molecular weight is 957 g/mol. The standard InChI is InChI=1S/C29H31N3O3.C21H22N2O4.C8H11N/c1-32-18-21(17-27(32)28(33)30-16-15-20-9-3-2-4-10-20)31-29(34)35-19-26-24-13-7-5-11-22(24)23-12-6-8-14-25(23)26;1-23-11-13(10-19(23)20(24)25)22-21(26)27-12-18-16-8-4-2-6-14(16)15-7-3-5-9-17(15)18;9-7-6-8-4-2-1-3-5-8/h2-14,21,26-27H,15-19H2,1H3,(H,30,33)(H,31,34);2-9,13,18-19H,10-12H2,1H3,(H,22,26)(H,24,25);1-5H,6-7,9H2/t21-,27-;13-,19-;/m00./s1. The van der Waals surface area contributed by atoms with Gasteiger partial charge >= 0.3 is 18.2 Å². The Morgan fingerprint density at radius 3 is 1.30 bits per heavy atom. The first kappa shape index (κ1) is 50.1. The van der Waals surface area contributed by atoms with Gasteiger partial charge in [-0.25, -0.2) is 9.59 Å². The lowest BCUT2D eigenvalue weighted by Crippen LogP contribution is -2.42. The highest BCUT2D eigenvalue weighted by molar-refractivity contribution is 5.83. The second-order valence-electron chi connectivity index (χ2n) is 18.6. The molecule has 71 heavy (non-hydrogen) atoms. The number of ether oxygens (including phenoxy) is 2. The molecular formula is C58H64N6O7. The molecule has 0 spiro atoms. The van der Waals surface area contributed by atoms with Crippen LogP contribution in [0.4, 0.5) is 9.59 Å². The van der Waals surface area contributed by atoms with E-state index in [2.05, 4.69) is 88.7 Å². The Hall–Kier alpha value is -7.32. The number of nitrogens with two attached hydrogens (primary N) is 1. The molecule has 6 N–H and O–H groups in total. The molecule has 6 aromatic rings. The summed E-state index contributed by atoms with van der Waals surface area (Å²) in [5.74, 6) is -0.821. The Balaban J connectivity index is 0.000000166. The van der Waals surface area contributed by atoms with E-state index < -0.39 is 24.2 Å². The van der Waals surface area contributed by atoms with Crippen LogP contribution in [0.15, 0.2) is 158 Å². The van der Waals surface area contributed by atoms with Crippen LogP contribution < -0.4 is 21.7 Å². The molecule has 2 fully saturated rings. The number of hydrogen-bond acceptors (Lipinski definition) is 9. The van der Waals surface area contributed by atoms with E-state index in [4.69, 9.17) is 15.2 Å². The zero-order valence-electron chi connectivity index (χ0n) is 40.4. The smallest absolute Gasteiger partial charge is 0.407 e. The number of rotatable bonds is 13. The van der Waals surface area contributed by atoms with Gasteiger partial charge in [0, 0.05) is 43.6 Å². The summed E-state index contributed by atoms with van der Waals surface area (Å²) in [5.41, 5.74) is 17.4. The maximum atomic E-state index is 12.7. The van der Waals surface area contributed by atoms with Crippen molar-refractivity contribution >= 4 is 24.1 Å². The molecule has 2 saturated heterocycles. The van der Waals surface area contributed by atoms with Gasteiger partial charge < -0.3 is 36.3 Å². The van der Waals surface area contributed by atoms with E-state index >= 15 is 0 Å². The number of likely N-dealkylation sites (N-methyl/N-ethyl adjacent to an activating group) is 2. The molecule has 0 unspecified atom stereocenters. The van der Waals surface area contributed by atoms with E-state index in [0.717, 1.165) is 30.5 Å². The molecule has 0 aromatic heterocycles. The third-order valence-corrected chi connectivity index (χ3v) is 13.8. The average Bonchev–Trinajstić information content (AvgIpc) is 4.13. The van der Waals surface area contributed by atoms with Crippen molar-refractivity contribution in [2.24, 2.45) is 5.73 Å². The van der Waals surface area contributed by atoms with Gasteiger partial charge in [-0.15, -0.1) is 0 Å². The van der Waals surface area contributed by atoms with Crippen molar-refractivity contribution in [3.8, 4) is 22.3 Å². The van der Waals surface area contributed by atoms with E-state index in [1.165, 1.54) is 44.5 Å². The number of alkyl carbamates (subject to hydrolysis) is 2. The van der Waals surface area contributed by atoms with Gasteiger partial charge in [-0.2, -0.15) is 0 Å². The monoisotopic (exact) mass is 956 g/mol. The zero-order valence-corrected chi connectivity index (χ0v) is 40.4. The minimum Gasteiger partial charge on any atom is -0.480 e. The lowest BCUT2D eigenvalue weighted by Gasteiger charge is -2.18. The van der Waals surface area contributed by atoms with Crippen molar-refractivity contribution in [3.05, 3.63) is 191 Å². The molecule has 2 aliphatic carbocycles. The zero-order chi connectivity index (χ0) is 49.7. The summed E-state index contributed by atoms with van der Waals surface area (Å²) in [6.07, 6.45) is 1.80. The second kappa shape index (κ2) is 24.0. The molecule has 4 atom stereocenters. The van der Waals surface area contributed by atoms with Gasteiger partial charge in [0.1, 0.15) is 19.3 Å². The summed E-state index contributed by atoms with van der Waals surface area (Å²) in [6, 6.07) is 52.1. The highest BCUT2D eigenvalue weighted by Gasteiger charge is 2.37. The molecule has 13 nitrogen and oxygen atoms in total. The summed E-state index contributed by atoms with van der Waals surface area (Å²) in [4.78, 5) is 52.5. The van der Waals surface area contributed by atoms with Gasteiger partial charge in [0.05, 0.1) is 6.04 Å². The summed E-state index contributed by atoms with van der Waals surface area (Å²) >= 11 is 0. The first-order valence-corrected chi connectivity index (χ1v) is 24.5. The van der Waals surface area contributed by atoms with Crippen molar-refractivity contribution in [1.82, 2.24) is 25.8 Å². The van der Waals surface area contributed by atoms with Crippen molar-refractivity contribution in [2.75, 3.05) is 53.5 Å².